The fraction of sp³-hybridized carbons (Fsp3) is 0.474. The second kappa shape index (κ2) is 8.54. The number of oxazole rings is 1. The van der Waals surface area contributed by atoms with Crippen LogP contribution in [0, 0.1) is 5.92 Å². The molecule has 0 radical (unpaired) electrons. The number of benzene rings is 1. The fourth-order valence-electron chi connectivity index (χ4n) is 3.09. The molecule has 2 atom stereocenters. The molecule has 1 aliphatic heterocycles. The van der Waals surface area contributed by atoms with E-state index >= 15 is 0 Å². The monoisotopic (exact) mass is 359 g/mol. The van der Waals surface area contributed by atoms with Crippen LogP contribution in [0.1, 0.15) is 25.5 Å². The Kier molecular flexibility index (Phi) is 6.15. The van der Waals surface area contributed by atoms with Gasteiger partial charge in [-0.15, -0.1) is 11.8 Å². The Morgan fingerprint density at radius 1 is 1.44 bits per heavy atom. The lowest BCUT2D eigenvalue weighted by molar-refractivity contribution is -0.130. The SMILES string of the molecule is C[C@@H](N)[C@@H]1CCCN(C(=O)CSCc2coc(-c3ccccc3)n2)C1. The Bertz CT molecular complexity index is 687. The van der Waals surface area contributed by atoms with Crippen LogP contribution in [0.5, 0.6) is 0 Å². The number of hydrogen-bond donors (Lipinski definition) is 1. The summed E-state index contributed by atoms with van der Waals surface area (Å²) in [6.45, 7) is 3.67. The van der Waals surface area contributed by atoms with Gasteiger partial charge in [0.2, 0.25) is 11.8 Å². The molecule has 0 saturated carbocycles. The average molecular weight is 359 g/mol. The second-order valence-corrected chi connectivity index (χ2v) is 7.59. The highest BCUT2D eigenvalue weighted by Gasteiger charge is 2.25. The molecule has 134 valence electrons. The summed E-state index contributed by atoms with van der Waals surface area (Å²) in [6, 6.07) is 9.97. The first-order valence-electron chi connectivity index (χ1n) is 8.74. The third-order valence-corrected chi connectivity index (χ3v) is 5.55. The molecule has 0 aliphatic carbocycles. The maximum absolute atomic E-state index is 12.4. The fourth-order valence-corrected chi connectivity index (χ4v) is 3.89. The highest BCUT2D eigenvalue weighted by Crippen LogP contribution is 2.22. The zero-order valence-electron chi connectivity index (χ0n) is 14.6. The summed E-state index contributed by atoms with van der Waals surface area (Å²) in [5, 5.41) is 0. The molecule has 25 heavy (non-hydrogen) atoms. The number of hydrogen-bond acceptors (Lipinski definition) is 5. The predicted octanol–water partition coefficient (Wildman–Crippen LogP) is 3.16. The van der Waals surface area contributed by atoms with E-state index in [1.54, 1.807) is 18.0 Å². The maximum Gasteiger partial charge on any atom is 0.232 e. The largest absolute Gasteiger partial charge is 0.444 e. The van der Waals surface area contributed by atoms with Crippen LogP contribution < -0.4 is 5.73 Å². The molecule has 2 N–H and O–H groups in total. The van der Waals surface area contributed by atoms with E-state index in [9.17, 15) is 4.79 Å². The lowest BCUT2D eigenvalue weighted by atomic mass is 9.92. The molecule has 0 unspecified atom stereocenters. The Hall–Kier alpha value is -1.79. The van der Waals surface area contributed by atoms with Crippen molar-refractivity contribution in [3.8, 4) is 11.5 Å². The third-order valence-electron chi connectivity index (χ3n) is 4.60. The van der Waals surface area contributed by atoms with Crippen LogP contribution >= 0.6 is 11.8 Å². The van der Waals surface area contributed by atoms with Crippen LogP contribution in [0.15, 0.2) is 41.0 Å². The van der Waals surface area contributed by atoms with Gasteiger partial charge in [0.15, 0.2) is 0 Å². The molecule has 2 aromatic rings. The number of nitrogens with zero attached hydrogens (tertiary/aromatic N) is 2. The van der Waals surface area contributed by atoms with Gasteiger partial charge in [-0.1, -0.05) is 18.2 Å². The number of likely N-dealkylation sites (tertiary alicyclic amines) is 1. The van der Waals surface area contributed by atoms with Crippen molar-refractivity contribution in [3.63, 3.8) is 0 Å². The first-order chi connectivity index (χ1) is 12.1. The first-order valence-corrected chi connectivity index (χ1v) is 9.90. The summed E-state index contributed by atoms with van der Waals surface area (Å²) >= 11 is 1.58. The third kappa shape index (κ3) is 4.86. The van der Waals surface area contributed by atoms with Gasteiger partial charge in [-0.2, -0.15) is 0 Å². The second-order valence-electron chi connectivity index (χ2n) is 6.60. The van der Waals surface area contributed by atoms with E-state index in [2.05, 4.69) is 4.98 Å². The predicted molar refractivity (Wildman–Crippen MR) is 101 cm³/mol. The molecule has 2 heterocycles. The lowest BCUT2D eigenvalue weighted by Gasteiger charge is -2.34. The topological polar surface area (TPSA) is 72.4 Å². The van der Waals surface area contributed by atoms with Crippen molar-refractivity contribution in [3.05, 3.63) is 42.3 Å². The molecule has 1 aromatic heterocycles. The summed E-state index contributed by atoms with van der Waals surface area (Å²) < 4.78 is 5.53. The van der Waals surface area contributed by atoms with Gasteiger partial charge < -0.3 is 15.1 Å². The van der Waals surface area contributed by atoms with Gasteiger partial charge in [0.05, 0.1) is 11.4 Å². The van der Waals surface area contributed by atoms with Crippen molar-refractivity contribution >= 4 is 17.7 Å². The minimum absolute atomic E-state index is 0.148. The highest BCUT2D eigenvalue weighted by molar-refractivity contribution is 7.99. The van der Waals surface area contributed by atoms with Crippen LogP contribution in [0.2, 0.25) is 0 Å². The van der Waals surface area contributed by atoms with E-state index in [0.717, 1.165) is 37.2 Å². The van der Waals surface area contributed by atoms with Gasteiger partial charge in [0, 0.05) is 30.4 Å². The average Bonchev–Trinajstić information content (AvgIpc) is 3.11. The van der Waals surface area contributed by atoms with Gasteiger partial charge in [-0.05, 0) is 37.8 Å². The number of aromatic nitrogens is 1. The molecule has 5 nitrogen and oxygen atoms in total. The van der Waals surface area contributed by atoms with Gasteiger partial charge in [0.1, 0.15) is 6.26 Å². The Labute approximate surface area is 153 Å². The molecule has 1 aromatic carbocycles. The molecule has 1 saturated heterocycles. The standard InChI is InChI=1S/C19H25N3O2S/c1-14(20)16-8-5-9-22(10-16)18(23)13-25-12-17-11-24-19(21-17)15-6-3-2-4-7-15/h2-4,6-7,11,14,16H,5,8-10,12-13,20H2,1H3/t14-,16-/m1/s1. The van der Waals surface area contributed by atoms with Crippen molar-refractivity contribution in [2.24, 2.45) is 11.7 Å². The number of carbonyl (C=O) groups excluding carboxylic acids is 1. The van der Waals surface area contributed by atoms with E-state index < -0.39 is 0 Å². The molecular formula is C19H25N3O2S. The van der Waals surface area contributed by atoms with Crippen molar-refractivity contribution < 1.29 is 9.21 Å². The maximum atomic E-state index is 12.4. The quantitative estimate of drug-likeness (QED) is 0.858. The van der Waals surface area contributed by atoms with Crippen LogP contribution in [0.4, 0.5) is 0 Å². The van der Waals surface area contributed by atoms with E-state index in [0.29, 0.717) is 23.3 Å². The zero-order valence-corrected chi connectivity index (χ0v) is 15.4. The summed E-state index contributed by atoms with van der Waals surface area (Å²) in [5.41, 5.74) is 7.82. The van der Waals surface area contributed by atoms with Crippen LogP contribution in [0.3, 0.4) is 0 Å². The van der Waals surface area contributed by atoms with E-state index in [-0.39, 0.29) is 11.9 Å². The van der Waals surface area contributed by atoms with E-state index in [4.69, 9.17) is 10.2 Å². The van der Waals surface area contributed by atoms with Crippen molar-refractivity contribution in [2.75, 3.05) is 18.8 Å². The number of carbonyl (C=O) groups is 1. The number of thioether (sulfide) groups is 1. The van der Waals surface area contributed by atoms with Crippen molar-refractivity contribution in [1.29, 1.82) is 0 Å². The molecule has 1 amide bonds. The minimum Gasteiger partial charge on any atom is -0.444 e. The Morgan fingerprint density at radius 3 is 3.00 bits per heavy atom. The van der Waals surface area contributed by atoms with Crippen LogP contribution in [-0.4, -0.2) is 40.7 Å². The minimum atomic E-state index is 0.148. The molecule has 0 bridgehead atoms. The van der Waals surface area contributed by atoms with Gasteiger partial charge >= 0.3 is 0 Å². The molecule has 1 fully saturated rings. The zero-order chi connectivity index (χ0) is 17.6. The van der Waals surface area contributed by atoms with Crippen molar-refractivity contribution in [1.82, 2.24) is 9.88 Å². The summed E-state index contributed by atoms with van der Waals surface area (Å²) in [6.07, 6.45) is 3.84. The van der Waals surface area contributed by atoms with Crippen LogP contribution in [-0.2, 0) is 10.5 Å². The Morgan fingerprint density at radius 2 is 2.24 bits per heavy atom. The Balaban J connectivity index is 1.47. The van der Waals surface area contributed by atoms with Gasteiger partial charge in [-0.3, -0.25) is 4.79 Å². The normalized spacial score (nSPS) is 19.0. The number of amides is 1. The van der Waals surface area contributed by atoms with E-state index in [1.165, 1.54) is 0 Å². The summed E-state index contributed by atoms with van der Waals surface area (Å²) in [7, 11) is 0. The van der Waals surface area contributed by atoms with Crippen molar-refractivity contribution in [2.45, 2.75) is 31.6 Å². The van der Waals surface area contributed by atoms with Crippen LogP contribution in [0.25, 0.3) is 11.5 Å². The summed E-state index contributed by atoms with van der Waals surface area (Å²) in [4.78, 5) is 18.9. The number of rotatable bonds is 6. The summed E-state index contributed by atoms with van der Waals surface area (Å²) in [5.74, 6) is 2.39. The van der Waals surface area contributed by atoms with Gasteiger partial charge in [-0.25, -0.2) is 4.98 Å². The number of nitrogens with two attached hydrogens (primary N) is 1. The smallest absolute Gasteiger partial charge is 0.232 e. The molecule has 3 rings (SSSR count). The first kappa shape index (κ1) is 18.0. The highest BCUT2D eigenvalue weighted by atomic mass is 32.2. The molecular weight excluding hydrogens is 334 g/mol. The molecule has 0 spiro atoms. The number of piperidine rings is 1. The lowest BCUT2D eigenvalue weighted by Crippen LogP contribution is -2.45. The molecule has 1 aliphatic rings. The van der Waals surface area contributed by atoms with E-state index in [1.807, 2.05) is 42.2 Å². The van der Waals surface area contributed by atoms with Gasteiger partial charge in [0.25, 0.3) is 0 Å². The molecule has 6 heteroatoms.